The van der Waals surface area contributed by atoms with Crippen molar-refractivity contribution in [1.82, 2.24) is 0 Å². The molecule has 0 aliphatic heterocycles. The lowest BCUT2D eigenvalue weighted by Crippen LogP contribution is -2.54. The minimum atomic E-state index is -0.451. The smallest absolute Gasteiger partial charge is 0.159 e. The monoisotopic (exact) mass is 284 g/mol. The van der Waals surface area contributed by atoms with Crippen LogP contribution in [0.15, 0.2) is 24.3 Å². The van der Waals surface area contributed by atoms with E-state index in [1.54, 1.807) is 26.4 Å². The van der Waals surface area contributed by atoms with E-state index in [4.69, 9.17) is 15.2 Å². The Hall–Kier alpha value is -1.17. The first-order chi connectivity index (χ1) is 9.52. The molecule has 5 heteroatoms. The van der Waals surface area contributed by atoms with E-state index in [-0.39, 0.29) is 12.1 Å². The predicted octanol–water partition coefficient (Wildman–Crippen LogP) is 2.38. The highest BCUT2D eigenvalue weighted by atomic mass is 19.1. The van der Waals surface area contributed by atoms with E-state index in [1.807, 2.05) is 24.8 Å². The van der Waals surface area contributed by atoms with E-state index in [2.05, 4.69) is 0 Å². The second kappa shape index (κ2) is 7.57. The first-order valence-electron chi connectivity index (χ1n) is 6.80. The van der Waals surface area contributed by atoms with Crippen molar-refractivity contribution in [2.45, 2.75) is 32.1 Å². The zero-order valence-corrected chi connectivity index (χ0v) is 12.7. The molecule has 0 spiro atoms. The molecule has 0 aromatic heterocycles. The molecule has 0 amide bonds. The highest BCUT2D eigenvalue weighted by molar-refractivity contribution is 5.50. The van der Waals surface area contributed by atoms with E-state index in [0.717, 1.165) is 0 Å². The molecule has 0 radical (unpaired) electrons. The SMILES string of the molecule is CCN(c1ccccc1F)C(C)(CN)CC(OC)OC. The number of benzene rings is 1. The largest absolute Gasteiger partial charge is 0.363 e. The highest BCUT2D eigenvalue weighted by Gasteiger charge is 2.34. The first kappa shape index (κ1) is 16.9. The Morgan fingerprint density at radius 1 is 1.30 bits per heavy atom. The third-order valence-corrected chi connectivity index (χ3v) is 3.68. The van der Waals surface area contributed by atoms with Gasteiger partial charge in [0.05, 0.1) is 11.2 Å². The van der Waals surface area contributed by atoms with Crippen LogP contribution < -0.4 is 10.6 Å². The predicted molar refractivity (Wildman–Crippen MR) is 79.3 cm³/mol. The van der Waals surface area contributed by atoms with Crippen LogP contribution in [0, 0.1) is 5.82 Å². The van der Waals surface area contributed by atoms with Crippen molar-refractivity contribution in [3.63, 3.8) is 0 Å². The number of nitrogens with two attached hydrogens (primary N) is 1. The fourth-order valence-corrected chi connectivity index (χ4v) is 2.44. The zero-order chi connectivity index (χ0) is 15.2. The second-order valence-electron chi connectivity index (χ2n) is 5.00. The Morgan fingerprint density at radius 2 is 1.90 bits per heavy atom. The summed E-state index contributed by atoms with van der Waals surface area (Å²) >= 11 is 0. The quantitative estimate of drug-likeness (QED) is 0.745. The maximum absolute atomic E-state index is 14.0. The van der Waals surface area contributed by atoms with Crippen LogP contribution in [-0.4, -0.2) is 39.1 Å². The normalized spacial score (nSPS) is 14.3. The molecule has 20 heavy (non-hydrogen) atoms. The molecule has 0 saturated carbocycles. The average Bonchev–Trinajstić information content (AvgIpc) is 2.47. The van der Waals surface area contributed by atoms with Crippen molar-refractivity contribution in [1.29, 1.82) is 0 Å². The van der Waals surface area contributed by atoms with Gasteiger partial charge >= 0.3 is 0 Å². The van der Waals surface area contributed by atoms with E-state index in [1.165, 1.54) is 6.07 Å². The number of rotatable bonds is 8. The lowest BCUT2D eigenvalue weighted by Gasteiger charge is -2.43. The lowest BCUT2D eigenvalue weighted by molar-refractivity contribution is -0.115. The van der Waals surface area contributed by atoms with Crippen LogP contribution >= 0.6 is 0 Å². The highest BCUT2D eigenvalue weighted by Crippen LogP contribution is 2.29. The molecule has 4 nitrogen and oxygen atoms in total. The number of methoxy groups -OCH3 is 2. The summed E-state index contributed by atoms with van der Waals surface area (Å²) in [7, 11) is 3.18. The fourth-order valence-electron chi connectivity index (χ4n) is 2.44. The van der Waals surface area contributed by atoms with E-state index in [0.29, 0.717) is 25.2 Å². The van der Waals surface area contributed by atoms with Crippen molar-refractivity contribution < 1.29 is 13.9 Å². The van der Waals surface area contributed by atoms with Gasteiger partial charge in [-0.25, -0.2) is 4.39 Å². The number of para-hydroxylation sites is 1. The van der Waals surface area contributed by atoms with Crippen molar-refractivity contribution in [2.75, 3.05) is 32.2 Å². The van der Waals surface area contributed by atoms with Crippen molar-refractivity contribution in [2.24, 2.45) is 5.73 Å². The summed E-state index contributed by atoms with van der Waals surface area (Å²) in [5.41, 5.74) is 6.05. The van der Waals surface area contributed by atoms with Crippen molar-refractivity contribution in [3.8, 4) is 0 Å². The van der Waals surface area contributed by atoms with Crippen LogP contribution in [0.3, 0.4) is 0 Å². The molecule has 1 rings (SSSR count). The van der Waals surface area contributed by atoms with Gasteiger partial charge in [-0.1, -0.05) is 12.1 Å². The van der Waals surface area contributed by atoms with Gasteiger partial charge < -0.3 is 20.1 Å². The van der Waals surface area contributed by atoms with Gasteiger partial charge in [0.1, 0.15) is 5.82 Å². The van der Waals surface area contributed by atoms with Gasteiger partial charge in [0, 0.05) is 33.7 Å². The Balaban J connectivity index is 3.08. The number of halogens is 1. The Kier molecular flexibility index (Phi) is 6.39. The molecule has 1 unspecified atom stereocenters. The number of hydrogen-bond acceptors (Lipinski definition) is 4. The van der Waals surface area contributed by atoms with Gasteiger partial charge in [-0.3, -0.25) is 0 Å². The van der Waals surface area contributed by atoms with Crippen LogP contribution in [-0.2, 0) is 9.47 Å². The number of anilines is 1. The molecule has 0 aliphatic carbocycles. The second-order valence-corrected chi connectivity index (χ2v) is 5.00. The zero-order valence-electron chi connectivity index (χ0n) is 12.7. The molecular formula is C15H25FN2O2. The average molecular weight is 284 g/mol. The summed E-state index contributed by atoms with van der Waals surface area (Å²) in [4.78, 5) is 1.97. The Labute approximate surface area is 120 Å². The maximum atomic E-state index is 14.0. The van der Waals surface area contributed by atoms with Crippen LogP contribution in [0.5, 0.6) is 0 Å². The molecule has 1 aromatic rings. The van der Waals surface area contributed by atoms with E-state index in [9.17, 15) is 4.39 Å². The van der Waals surface area contributed by atoms with Gasteiger partial charge in [0.15, 0.2) is 6.29 Å². The summed E-state index contributed by atoms with van der Waals surface area (Å²) in [5.74, 6) is -0.250. The lowest BCUT2D eigenvalue weighted by atomic mass is 9.94. The minimum Gasteiger partial charge on any atom is -0.363 e. The summed E-state index contributed by atoms with van der Waals surface area (Å²) in [6, 6.07) is 6.72. The number of hydrogen-bond donors (Lipinski definition) is 1. The molecule has 0 aliphatic rings. The number of likely N-dealkylation sites (N-methyl/N-ethyl adjacent to an activating group) is 1. The number of nitrogens with zero attached hydrogens (tertiary/aromatic N) is 1. The molecule has 0 fully saturated rings. The van der Waals surface area contributed by atoms with Gasteiger partial charge in [-0.2, -0.15) is 0 Å². The summed E-state index contributed by atoms with van der Waals surface area (Å²) in [6.07, 6.45) is 0.183. The summed E-state index contributed by atoms with van der Waals surface area (Å²) in [5, 5.41) is 0. The van der Waals surface area contributed by atoms with Gasteiger partial charge in [-0.15, -0.1) is 0 Å². The van der Waals surface area contributed by atoms with Crippen LogP contribution in [0.25, 0.3) is 0 Å². The minimum absolute atomic E-state index is 0.250. The molecule has 2 N–H and O–H groups in total. The molecule has 0 heterocycles. The fraction of sp³-hybridized carbons (Fsp3) is 0.600. The van der Waals surface area contributed by atoms with Crippen LogP contribution in [0.4, 0.5) is 10.1 Å². The summed E-state index contributed by atoms with van der Waals surface area (Å²) in [6.45, 7) is 5.00. The Bertz CT molecular complexity index is 413. The number of ether oxygens (including phenoxy) is 2. The molecule has 0 bridgehead atoms. The third kappa shape index (κ3) is 3.69. The molecule has 0 saturated heterocycles. The van der Waals surface area contributed by atoms with Gasteiger partial charge in [-0.05, 0) is 26.0 Å². The molecule has 1 atom stereocenters. The topological polar surface area (TPSA) is 47.7 Å². The third-order valence-electron chi connectivity index (χ3n) is 3.68. The first-order valence-corrected chi connectivity index (χ1v) is 6.80. The standard InChI is InChI=1S/C15H25FN2O2/c1-5-18(13-9-7-6-8-12(13)16)15(2,11-17)10-14(19-3)20-4/h6-9,14H,5,10-11,17H2,1-4H3. The van der Waals surface area contributed by atoms with Crippen molar-refractivity contribution >= 4 is 5.69 Å². The van der Waals surface area contributed by atoms with Gasteiger partial charge in [0.2, 0.25) is 0 Å². The maximum Gasteiger partial charge on any atom is 0.159 e. The van der Waals surface area contributed by atoms with Gasteiger partial charge in [0.25, 0.3) is 0 Å². The Morgan fingerprint density at radius 3 is 2.35 bits per heavy atom. The van der Waals surface area contributed by atoms with Crippen LogP contribution in [0.2, 0.25) is 0 Å². The molecular weight excluding hydrogens is 259 g/mol. The molecule has 114 valence electrons. The van der Waals surface area contributed by atoms with E-state index >= 15 is 0 Å². The van der Waals surface area contributed by atoms with Crippen LogP contribution in [0.1, 0.15) is 20.3 Å². The summed E-state index contributed by atoms with van der Waals surface area (Å²) < 4.78 is 24.6. The van der Waals surface area contributed by atoms with Crippen molar-refractivity contribution in [3.05, 3.63) is 30.1 Å². The van der Waals surface area contributed by atoms with E-state index < -0.39 is 5.54 Å². The molecule has 1 aromatic carbocycles.